The van der Waals surface area contributed by atoms with Gasteiger partial charge in [-0.15, -0.1) is 11.3 Å². The number of anilines is 1. The molecule has 128 valence electrons. The van der Waals surface area contributed by atoms with Gasteiger partial charge in [0.15, 0.2) is 0 Å². The molecule has 0 spiro atoms. The van der Waals surface area contributed by atoms with Gasteiger partial charge in [0.05, 0.1) is 5.69 Å². The fraction of sp³-hybridized carbons (Fsp3) is 0.267. The molecule has 2 heterocycles. The minimum Gasteiger partial charge on any atom is -0.320 e. The minimum atomic E-state index is -3.62. The zero-order valence-corrected chi connectivity index (χ0v) is 17.3. The number of amides is 1. The molecule has 0 radical (unpaired) electrons. The monoisotopic (exact) mass is 492 g/mol. The number of halogens is 2. The summed E-state index contributed by atoms with van der Waals surface area (Å²) in [5.41, 5.74) is 0.576. The first-order valence-corrected chi connectivity index (χ1v) is 11.1. The Morgan fingerprint density at radius 2 is 1.88 bits per heavy atom. The molecular formula is C15H14Br2N2O3S2. The van der Waals surface area contributed by atoms with Crippen LogP contribution >= 0.6 is 43.2 Å². The van der Waals surface area contributed by atoms with Crippen molar-refractivity contribution >= 4 is 64.8 Å². The van der Waals surface area contributed by atoms with Gasteiger partial charge in [0.2, 0.25) is 10.0 Å². The van der Waals surface area contributed by atoms with E-state index in [1.807, 2.05) is 6.07 Å². The van der Waals surface area contributed by atoms with Crippen LogP contribution in [0.2, 0.25) is 0 Å². The molecule has 1 amide bonds. The summed E-state index contributed by atoms with van der Waals surface area (Å²) in [6.07, 6.45) is 1.71. The van der Waals surface area contributed by atoms with Gasteiger partial charge in [-0.3, -0.25) is 4.79 Å². The Morgan fingerprint density at radius 3 is 2.58 bits per heavy atom. The van der Waals surface area contributed by atoms with Crippen molar-refractivity contribution in [1.29, 1.82) is 0 Å². The van der Waals surface area contributed by atoms with Crippen LogP contribution in [0.25, 0.3) is 0 Å². The number of hydrogen-bond donors (Lipinski definition) is 1. The first-order valence-electron chi connectivity index (χ1n) is 7.23. The summed E-state index contributed by atoms with van der Waals surface area (Å²) in [4.78, 5) is 12.9. The van der Waals surface area contributed by atoms with E-state index in [2.05, 4.69) is 37.2 Å². The smallest absolute Gasteiger partial charge is 0.267 e. The minimum absolute atomic E-state index is 0.0815. The maximum absolute atomic E-state index is 12.7. The largest absolute Gasteiger partial charge is 0.320 e. The van der Waals surface area contributed by atoms with E-state index in [-0.39, 0.29) is 9.77 Å². The lowest BCUT2D eigenvalue weighted by Gasteiger charge is -2.15. The zero-order chi connectivity index (χ0) is 17.3. The molecule has 0 aliphatic carbocycles. The molecule has 1 fully saturated rings. The molecule has 1 N–H and O–H groups in total. The standard InChI is InChI=1S/C15H14Br2N2O3S2/c16-10-3-4-11(17)12(9-10)18-15(20)14-13(5-8-23-14)24(21,22)19-6-1-2-7-19/h3-5,8-9H,1-2,6-7H2,(H,18,20). The highest BCUT2D eigenvalue weighted by molar-refractivity contribution is 9.11. The molecule has 1 aromatic heterocycles. The molecule has 0 atom stereocenters. The molecule has 24 heavy (non-hydrogen) atoms. The van der Waals surface area contributed by atoms with Crippen LogP contribution in [-0.4, -0.2) is 31.7 Å². The summed E-state index contributed by atoms with van der Waals surface area (Å²) in [5, 5.41) is 4.40. The molecule has 2 aromatic rings. The maximum atomic E-state index is 12.7. The second kappa shape index (κ2) is 7.25. The summed E-state index contributed by atoms with van der Waals surface area (Å²) in [6, 6.07) is 6.90. The lowest BCUT2D eigenvalue weighted by Crippen LogP contribution is -2.29. The van der Waals surface area contributed by atoms with E-state index < -0.39 is 15.9 Å². The Bertz CT molecular complexity index is 875. The number of hydrogen-bond acceptors (Lipinski definition) is 4. The van der Waals surface area contributed by atoms with E-state index in [9.17, 15) is 13.2 Å². The van der Waals surface area contributed by atoms with E-state index >= 15 is 0 Å². The van der Waals surface area contributed by atoms with Crippen LogP contribution in [-0.2, 0) is 10.0 Å². The van der Waals surface area contributed by atoms with Crippen molar-refractivity contribution in [3.8, 4) is 0 Å². The zero-order valence-electron chi connectivity index (χ0n) is 12.5. The van der Waals surface area contributed by atoms with Crippen molar-refractivity contribution in [2.75, 3.05) is 18.4 Å². The first kappa shape index (κ1) is 18.1. The van der Waals surface area contributed by atoms with Crippen LogP contribution in [0.4, 0.5) is 5.69 Å². The van der Waals surface area contributed by atoms with Gasteiger partial charge in [0.1, 0.15) is 9.77 Å². The van der Waals surface area contributed by atoms with Crippen LogP contribution in [0.1, 0.15) is 22.5 Å². The number of rotatable bonds is 4. The summed E-state index contributed by atoms with van der Waals surface area (Å²) in [6.45, 7) is 1.02. The second-order valence-electron chi connectivity index (χ2n) is 5.30. The molecule has 1 saturated heterocycles. The molecule has 1 aliphatic rings. The molecule has 0 bridgehead atoms. The van der Waals surface area contributed by atoms with Crippen molar-refractivity contribution in [2.24, 2.45) is 0 Å². The van der Waals surface area contributed by atoms with E-state index in [0.29, 0.717) is 18.8 Å². The number of carbonyl (C=O) groups excluding carboxylic acids is 1. The summed E-state index contributed by atoms with van der Waals surface area (Å²) in [7, 11) is -3.62. The maximum Gasteiger partial charge on any atom is 0.267 e. The molecule has 5 nitrogen and oxygen atoms in total. The van der Waals surface area contributed by atoms with Gasteiger partial charge in [0.25, 0.3) is 5.91 Å². The molecule has 1 aromatic carbocycles. The van der Waals surface area contributed by atoms with Crippen LogP contribution in [0.3, 0.4) is 0 Å². The predicted molar refractivity (Wildman–Crippen MR) is 102 cm³/mol. The lowest BCUT2D eigenvalue weighted by molar-refractivity contribution is 0.102. The van der Waals surface area contributed by atoms with Crippen LogP contribution in [0.15, 0.2) is 43.5 Å². The van der Waals surface area contributed by atoms with Gasteiger partial charge < -0.3 is 5.32 Å². The number of thiophene rings is 1. The van der Waals surface area contributed by atoms with Gasteiger partial charge in [-0.2, -0.15) is 4.31 Å². The molecule has 0 saturated carbocycles. The molecule has 3 rings (SSSR count). The Balaban J connectivity index is 1.89. The van der Waals surface area contributed by atoms with Crippen molar-refractivity contribution in [3.63, 3.8) is 0 Å². The Kier molecular flexibility index (Phi) is 5.45. The third-order valence-corrected chi connectivity index (χ3v) is 7.86. The number of nitrogens with zero attached hydrogens (tertiary/aromatic N) is 1. The Labute approximate surface area is 161 Å². The molecule has 9 heteroatoms. The average Bonchev–Trinajstić information content (AvgIpc) is 3.21. The topological polar surface area (TPSA) is 66.5 Å². The quantitative estimate of drug-likeness (QED) is 0.690. The van der Waals surface area contributed by atoms with Gasteiger partial charge >= 0.3 is 0 Å². The van der Waals surface area contributed by atoms with Crippen molar-refractivity contribution in [3.05, 3.63) is 43.5 Å². The first-order chi connectivity index (χ1) is 11.4. The SMILES string of the molecule is O=C(Nc1cc(Br)ccc1Br)c1sccc1S(=O)(=O)N1CCCC1. The predicted octanol–water partition coefficient (Wildman–Crippen LogP) is 4.31. The van der Waals surface area contributed by atoms with E-state index in [1.165, 1.54) is 10.4 Å². The Morgan fingerprint density at radius 1 is 1.17 bits per heavy atom. The summed E-state index contributed by atoms with van der Waals surface area (Å²) >= 11 is 7.86. The normalized spacial score (nSPS) is 15.6. The van der Waals surface area contributed by atoms with E-state index in [1.54, 1.807) is 17.5 Å². The van der Waals surface area contributed by atoms with Gasteiger partial charge in [0, 0.05) is 22.0 Å². The van der Waals surface area contributed by atoms with E-state index in [0.717, 1.165) is 33.1 Å². The molecule has 0 unspecified atom stereocenters. The third kappa shape index (κ3) is 3.60. The number of nitrogens with one attached hydrogen (secondary N) is 1. The third-order valence-electron chi connectivity index (χ3n) is 3.69. The highest BCUT2D eigenvalue weighted by atomic mass is 79.9. The van der Waals surface area contributed by atoms with E-state index in [4.69, 9.17) is 0 Å². The average molecular weight is 494 g/mol. The van der Waals surface area contributed by atoms with Gasteiger partial charge in [-0.25, -0.2) is 8.42 Å². The summed E-state index contributed by atoms with van der Waals surface area (Å²) < 4.78 is 28.4. The number of carbonyl (C=O) groups is 1. The fourth-order valence-corrected chi connectivity index (χ4v) is 6.03. The van der Waals surface area contributed by atoms with Gasteiger partial charge in [-0.05, 0) is 58.4 Å². The highest BCUT2D eigenvalue weighted by Crippen LogP contribution is 2.30. The van der Waals surface area contributed by atoms with Crippen LogP contribution in [0.5, 0.6) is 0 Å². The number of sulfonamides is 1. The molecular weight excluding hydrogens is 480 g/mol. The lowest BCUT2D eigenvalue weighted by atomic mass is 10.3. The molecule has 1 aliphatic heterocycles. The fourth-order valence-electron chi connectivity index (χ4n) is 2.51. The number of benzene rings is 1. The van der Waals surface area contributed by atoms with Crippen LogP contribution in [0, 0.1) is 0 Å². The summed E-state index contributed by atoms with van der Waals surface area (Å²) in [5.74, 6) is -0.429. The van der Waals surface area contributed by atoms with Gasteiger partial charge in [-0.1, -0.05) is 15.9 Å². The van der Waals surface area contributed by atoms with Crippen LogP contribution < -0.4 is 5.32 Å². The Hall–Kier alpha value is -0.740. The second-order valence-corrected chi connectivity index (χ2v) is 9.90. The van der Waals surface area contributed by atoms with Crippen molar-refractivity contribution in [1.82, 2.24) is 4.31 Å². The highest BCUT2D eigenvalue weighted by Gasteiger charge is 2.31. The van der Waals surface area contributed by atoms with Crippen molar-refractivity contribution in [2.45, 2.75) is 17.7 Å². The van der Waals surface area contributed by atoms with Crippen molar-refractivity contribution < 1.29 is 13.2 Å².